The molecule has 1 aliphatic rings. The van der Waals surface area contributed by atoms with E-state index in [0.717, 1.165) is 0 Å². The molecule has 0 saturated heterocycles. The maximum absolute atomic E-state index is 11.3. The topological polar surface area (TPSA) is 121 Å². The normalized spacial score (nSPS) is 16.4. The van der Waals surface area contributed by atoms with Gasteiger partial charge in [-0.2, -0.15) is 0 Å². The van der Waals surface area contributed by atoms with Crippen molar-refractivity contribution in [1.82, 2.24) is 0 Å². The largest absolute Gasteiger partial charge is 0.508 e. The molecule has 0 fully saturated rings. The van der Waals surface area contributed by atoms with Gasteiger partial charge in [0.05, 0.1) is 17.8 Å². The number of nitrogens with one attached hydrogen (secondary N) is 2. The number of carboxylic acids is 1. The molecule has 0 unspecified atom stereocenters. The molecule has 0 saturated carbocycles. The van der Waals surface area contributed by atoms with Gasteiger partial charge >= 0.3 is 5.97 Å². The summed E-state index contributed by atoms with van der Waals surface area (Å²) in [5, 5.41) is 36.3. The van der Waals surface area contributed by atoms with Crippen LogP contribution in [0.2, 0.25) is 5.02 Å². The second kappa shape index (κ2) is 7.20. The molecule has 1 heterocycles. The molecule has 138 valence electrons. The van der Waals surface area contributed by atoms with Crippen LogP contribution in [0.15, 0.2) is 47.5 Å². The summed E-state index contributed by atoms with van der Waals surface area (Å²) in [6.07, 6.45) is -0.389. The molecular weight excluding hydrogens is 368 g/mol. The molecule has 1 aliphatic heterocycles. The van der Waals surface area contributed by atoms with Gasteiger partial charge in [-0.25, -0.2) is 0 Å². The first-order valence-corrected chi connectivity index (χ1v) is 8.48. The summed E-state index contributed by atoms with van der Waals surface area (Å²) in [5.74, 6) is -1.16. The molecule has 8 heteroatoms. The van der Waals surface area contributed by atoms with Crippen molar-refractivity contribution in [3.8, 4) is 5.75 Å². The summed E-state index contributed by atoms with van der Waals surface area (Å²) < 4.78 is 0. The Balaban J connectivity index is 2.29. The molecule has 0 amide bonds. The second-order valence-electron chi connectivity index (χ2n) is 6.11. The van der Waals surface area contributed by atoms with Crippen LogP contribution in [0.3, 0.4) is 0 Å². The number of aromatic hydroxyl groups is 1. The van der Waals surface area contributed by atoms with Crippen molar-refractivity contribution < 1.29 is 15.0 Å². The van der Waals surface area contributed by atoms with Crippen molar-refractivity contribution in [3.63, 3.8) is 0 Å². The van der Waals surface area contributed by atoms with Gasteiger partial charge in [-0.05, 0) is 37.3 Å². The lowest BCUT2D eigenvalue weighted by molar-refractivity contribution is -0.137. The summed E-state index contributed by atoms with van der Waals surface area (Å²) in [5.41, 5.74) is 2.07. The monoisotopic (exact) mass is 384 g/mol. The molecule has 27 heavy (non-hydrogen) atoms. The highest BCUT2D eigenvalue weighted by Crippen LogP contribution is 2.32. The number of carboxylic acid groups (broad SMARTS) is 1. The van der Waals surface area contributed by atoms with Gasteiger partial charge in [0.1, 0.15) is 23.5 Å². The lowest BCUT2D eigenvalue weighted by Crippen LogP contribution is -2.41. The van der Waals surface area contributed by atoms with Crippen LogP contribution in [0, 0.1) is 10.8 Å². The smallest absolute Gasteiger partial charge is 0.305 e. The Hall–Kier alpha value is -3.19. The molecule has 0 aliphatic carbocycles. The zero-order chi connectivity index (χ0) is 19.7. The van der Waals surface area contributed by atoms with E-state index in [4.69, 9.17) is 22.4 Å². The van der Waals surface area contributed by atoms with Gasteiger partial charge in [0.25, 0.3) is 0 Å². The summed E-state index contributed by atoms with van der Waals surface area (Å²) in [6.45, 7) is 1.51. The Bertz CT molecular complexity index is 969. The minimum absolute atomic E-state index is 0.00112. The van der Waals surface area contributed by atoms with E-state index in [-0.39, 0.29) is 23.8 Å². The number of benzodiazepines with no additional fused rings is 1. The number of halogens is 1. The van der Waals surface area contributed by atoms with Crippen LogP contribution < -0.4 is 4.90 Å². The van der Waals surface area contributed by atoms with Crippen LogP contribution in [-0.4, -0.2) is 39.6 Å². The number of fused-ring (bicyclic) bond motifs is 1. The van der Waals surface area contributed by atoms with E-state index < -0.39 is 12.0 Å². The van der Waals surface area contributed by atoms with Crippen LogP contribution in [0.4, 0.5) is 5.69 Å². The molecule has 0 bridgehead atoms. The predicted molar refractivity (Wildman–Crippen MR) is 105 cm³/mol. The standard InChI is InChI=1S/C19H17ClN4O3/c1-10(21)24-16-7-6-13(25)8-14(16)18(11-2-4-12(20)5-3-11)23-15(19(24)22)9-17(26)27/h2-8,15,21-22,25H,9H2,1H3,(H,26,27)/t15-/m0/s1. The number of amidine groups is 2. The minimum Gasteiger partial charge on any atom is -0.508 e. The van der Waals surface area contributed by atoms with Crippen LogP contribution in [0.25, 0.3) is 0 Å². The summed E-state index contributed by atoms with van der Waals surface area (Å²) in [6, 6.07) is 10.4. The SMILES string of the molecule is CC(=N)N1C(=N)[C@H](CC(=O)O)N=C(c2ccc(Cl)cc2)c2cc(O)ccc21. The maximum Gasteiger partial charge on any atom is 0.305 e. The van der Waals surface area contributed by atoms with E-state index in [0.29, 0.717) is 27.5 Å². The number of carbonyl (C=O) groups is 1. The Morgan fingerprint density at radius 1 is 1.26 bits per heavy atom. The van der Waals surface area contributed by atoms with Crippen molar-refractivity contribution in [1.29, 1.82) is 10.8 Å². The first-order valence-electron chi connectivity index (χ1n) is 8.10. The second-order valence-corrected chi connectivity index (χ2v) is 6.54. The van der Waals surface area contributed by atoms with Gasteiger partial charge < -0.3 is 10.2 Å². The van der Waals surface area contributed by atoms with Gasteiger partial charge in [-0.1, -0.05) is 23.7 Å². The zero-order valence-electron chi connectivity index (χ0n) is 14.4. The number of nitrogens with zero attached hydrogens (tertiary/aromatic N) is 2. The number of benzene rings is 2. The number of rotatable bonds is 3. The number of hydrogen-bond donors (Lipinski definition) is 4. The highest BCUT2D eigenvalue weighted by atomic mass is 35.5. The molecule has 0 radical (unpaired) electrons. The predicted octanol–water partition coefficient (Wildman–Crippen LogP) is 3.52. The first-order chi connectivity index (χ1) is 12.8. The average molecular weight is 385 g/mol. The van der Waals surface area contributed by atoms with E-state index in [1.807, 2.05) is 0 Å². The Morgan fingerprint density at radius 2 is 1.93 bits per heavy atom. The minimum atomic E-state index is -1.10. The van der Waals surface area contributed by atoms with Crippen molar-refractivity contribution >= 4 is 40.6 Å². The molecule has 0 aromatic heterocycles. The number of phenolic OH excluding ortho intramolecular Hbond substituents is 1. The average Bonchev–Trinajstić information content (AvgIpc) is 2.70. The van der Waals surface area contributed by atoms with Gasteiger partial charge in [0.2, 0.25) is 0 Å². The van der Waals surface area contributed by atoms with Crippen molar-refractivity contribution in [2.24, 2.45) is 4.99 Å². The number of phenols is 1. The third kappa shape index (κ3) is 3.68. The quantitative estimate of drug-likeness (QED) is 0.477. The molecule has 0 spiro atoms. The Labute approximate surface area is 160 Å². The van der Waals surface area contributed by atoms with E-state index in [1.54, 1.807) is 30.3 Å². The fourth-order valence-corrected chi connectivity index (χ4v) is 3.11. The molecule has 4 N–H and O–H groups in total. The highest BCUT2D eigenvalue weighted by Gasteiger charge is 2.32. The van der Waals surface area contributed by atoms with Crippen LogP contribution >= 0.6 is 11.6 Å². The Morgan fingerprint density at radius 3 is 2.52 bits per heavy atom. The van der Waals surface area contributed by atoms with E-state index in [1.165, 1.54) is 24.0 Å². The lowest BCUT2D eigenvalue weighted by atomic mass is 9.99. The number of hydrogen-bond acceptors (Lipinski definition) is 5. The van der Waals surface area contributed by atoms with E-state index in [2.05, 4.69) is 4.99 Å². The maximum atomic E-state index is 11.3. The summed E-state index contributed by atoms with van der Waals surface area (Å²) >= 11 is 5.97. The van der Waals surface area contributed by atoms with Gasteiger partial charge in [0.15, 0.2) is 0 Å². The third-order valence-electron chi connectivity index (χ3n) is 4.14. The van der Waals surface area contributed by atoms with E-state index >= 15 is 0 Å². The molecule has 2 aromatic carbocycles. The lowest BCUT2D eigenvalue weighted by Gasteiger charge is -2.26. The number of aliphatic carboxylic acids is 1. The summed E-state index contributed by atoms with van der Waals surface area (Å²) in [7, 11) is 0. The van der Waals surface area contributed by atoms with Crippen molar-refractivity contribution in [2.45, 2.75) is 19.4 Å². The van der Waals surface area contributed by atoms with Crippen LogP contribution in [0.5, 0.6) is 5.75 Å². The van der Waals surface area contributed by atoms with Gasteiger partial charge in [-0.15, -0.1) is 0 Å². The number of anilines is 1. The van der Waals surface area contributed by atoms with Crippen molar-refractivity contribution in [2.75, 3.05) is 4.90 Å². The molecule has 1 atom stereocenters. The number of aliphatic imine (C=N–C) groups is 1. The highest BCUT2D eigenvalue weighted by molar-refractivity contribution is 6.31. The summed E-state index contributed by atoms with van der Waals surface area (Å²) in [4.78, 5) is 17.2. The fourth-order valence-electron chi connectivity index (χ4n) is 2.98. The zero-order valence-corrected chi connectivity index (χ0v) is 15.2. The molecule has 2 aromatic rings. The molecule has 3 rings (SSSR count). The van der Waals surface area contributed by atoms with Gasteiger partial charge in [-0.3, -0.25) is 25.5 Å². The van der Waals surface area contributed by atoms with Crippen molar-refractivity contribution in [3.05, 3.63) is 58.6 Å². The third-order valence-corrected chi connectivity index (χ3v) is 4.39. The first kappa shape index (κ1) is 18.6. The van der Waals surface area contributed by atoms with E-state index in [9.17, 15) is 15.0 Å². The van der Waals surface area contributed by atoms with Gasteiger partial charge in [0, 0.05) is 16.1 Å². The van der Waals surface area contributed by atoms with Crippen LogP contribution in [0.1, 0.15) is 24.5 Å². The molecular formula is C19H17ClN4O3. The van der Waals surface area contributed by atoms with Crippen LogP contribution in [-0.2, 0) is 4.79 Å². The fraction of sp³-hybridized carbons (Fsp3) is 0.158. The molecule has 7 nitrogen and oxygen atoms in total. The Kier molecular flexibility index (Phi) is 4.96.